The van der Waals surface area contributed by atoms with Gasteiger partial charge in [-0.05, 0) is 55.0 Å². The summed E-state index contributed by atoms with van der Waals surface area (Å²) in [4.78, 5) is 29.6. The van der Waals surface area contributed by atoms with Crippen LogP contribution in [0.5, 0.6) is 0 Å². The number of nitrogens with zero attached hydrogens (tertiary/aromatic N) is 1. The number of aryl methyl sites for hydroxylation is 1. The first kappa shape index (κ1) is 20.0. The van der Waals surface area contributed by atoms with Crippen molar-refractivity contribution in [2.24, 2.45) is 0 Å². The molecule has 1 aromatic heterocycles. The van der Waals surface area contributed by atoms with Crippen molar-refractivity contribution in [1.82, 2.24) is 15.2 Å². The minimum Gasteiger partial charge on any atom is -0.361 e. The number of amides is 3. The molecule has 2 aromatic carbocycles. The summed E-state index contributed by atoms with van der Waals surface area (Å²) in [7, 11) is 0. The Morgan fingerprint density at radius 1 is 1.03 bits per heavy atom. The van der Waals surface area contributed by atoms with E-state index in [1.807, 2.05) is 47.5 Å². The Morgan fingerprint density at radius 3 is 2.73 bits per heavy atom. The van der Waals surface area contributed by atoms with Gasteiger partial charge in [0.15, 0.2) is 0 Å². The molecule has 6 nitrogen and oxygen atoms in total. The molecular weight excluding hydrogens is 376 g/mol. The van der Waals surface area contributed by atoms with Gasteiger partial charge in [0.1, 0.15) is 0 Å². The largest absolute Gasteiger partial charge is 0.361 e. The lowest BCUT2D eigenvalue weighted by molar-refractivity contribution is -0.121. The first-order chi connectivity index (χ1) is 14.7. The number of carbonyl (C=O) groups excluding carboxylic acids is 2. The number of anilines is 1. The van der Waals surface area contributed by atoms with Gasteiger partial charge in [-0.1, -0.05) is 30.3 Å². The molecular formula is C24H28N4O2. The second-order valence-electron chi connectivity index (χ2n) is 7.81. The number of rotatable bonds is 7. The molecule has 1 aliphatic rings. The van der Waals surface area contributed by atoms with Gasteiger partial charge in [-0.15, -0.1) is 0 Å². The molecule has 6 heteroatoms. The summed E-state index contributed by atoms with van der Waals surface area (Å²) >= 11 is 0. The molecule has 3 amide bonds. The summed E-state index contributed by atoms with van der Waals surface area (Å²) in [6.45, 7) is 2.10. The molecule has 0 saturated carbocycles. The molecule has 30 heavy (non-hydrogen) atoms. The smallest absolute Gasteiger partial charge is 0.321 e. The normalized spacial score (nSPS) is 13.5. The van der Waals surface area contributed by atoms with Crippen LogP contribution in [0.4, 0.5) is 10.5 Å². The lowest BCUT2D eigenvalue weighted by Crippen LogP contribution is -2.32. The number of carbonyl (C=O) groups is 2. The maximum Gasteiger partial charge on any atom is 0.321 e. The minimum atomic E-state index is -0.0500. The number of benzene rings is 2. The zero-order valence-electron chi connectivity index (χ0n) is 17.1. The molecule has 0 unspecified atom stereocenters. The summed E-state index contributed by atoms with van der Waals surface area (Å²) < 4.78 is 0. The van der Waals surface area contributed by atoms with Crippen LogP contribution in [-0.2, 0) is 17.8 Å². The number of nitrogens with one attached hydrogen (secondary N) is 3. The van der Waals surface area contributed by atoms with Crippen LogP contribution in [0.25, 0.3) is 10.9 Å². The second kappa shape index (κ2) is 9.48. The number of H-pyrrole nitrogens is 1. The highest BCUT2D eigenvalue weighted by molar-refractivity contribution is 5.89. The van der Waals surface area contributed by atoms with E-state index in [9.17, 15) is 9.59 Å². The molecule has 4 rings (SSSR count). The lowest BCUT2D eigenvalue weighted by atomic mass is 10.1. The first-order valence-electron chi connectivity index (χ1n) is 10.7. The van der Waals surface area contributed by atoms with Crippen LogP contribution in [0.1, 0.15) is 36.8 Å². The molecule has 0 atom stereocenters. The summed E-state index contributed by atoms with van der Waals surface area (Å²) in [6.07, 6.45) is 6.34. The predicted molar refractivity (Wildman–Crippen MR) is 119 cm³/mol. The zero-order chi connectivity index (χ0) is 20.8. The quantitative estimate of drug-likeness (QED) is 0.545. The molecule has 1 saturated heterocycles. The highest BCUT2D eigenvalue weighted by Gasteiger charge is 2.17. The Kier molecular flexibility index (Phi) is 6.32. The highest BCUT2D eigenvalue weighted by atomic mass is 16.2. The van der Waals surface area contributed by atoms with Crippen molar-refractivity contribution in [1.29, 1.82) is 0 Å². The van der Waals surface area contributed by atoms with Crippen LogP contribution >= 0.6 is 0 Å². The fourth-order valence-corrected chi connectivity index (χ4v) is 3.95. The van der Waals surface area contributed by atoms with Crippen molar-refractivity contribution >= 4 is 28.5 Å². The van der Waals surface area contributed by atoms with Crippen LogP contribution in [-0.4, -0.2) is 34.9 Å². The molecule has 0 radical (unpaired) electrons. The number of hydrogen-bond acceptors (Lipinski definition) is 2. The van der Waals surface area contributed by atoms with Gasteiger partial charge >= 0.3 is 6.03 Å². The molecule has 0 spiro atoms. The Labute approximate surface area is 176 Å². The number of likely N-dealkylation sites (tertiary alicyclic amines) is 1. The van der Waals surface area contributed by atoms with Gasteiger partial charge in [0.25, 0.3) is 0 Å². The Morgan fingerprint density at radius 2 is 1.87 bits per heavy atom. The van der Waals surface area contributed by atoms with E-state index < -0.39 is 0 Å². The summed E-state index contributed by atoms with van der Waals surface area (Å²) in [5.74, 6) is 0.0429. The molecule has 0 bridgehead atoms. The maximum absolute atomic E-state index is 12.2. The zero-order valence-corrected chi connectivity index (χ0v) is 17.1. The van der Waals surface area contributed by atoms with Crippen molar-refractivity contribution in [2.45, 2.75) is 38.6 Å². The fraction of sp³-hybridized carbons (Fsp3) is 0.333. The second-order valence-corrected chi connectivity index (χ2v) is 7.81. The van der Waals surface area contributed by atoms with Gasteiger partial charge in [0.2, 0.25) is 5.91 Å². The van der Waals surface area contributed by atoms with Crippen molar-refractivity contribution < 1.29 is 9.59 Å². The van der Waals surface area contributed by atoms with Crippen LogP contribution in [0.15, 0.2) is 54.7 Å². The standard InChI is InChI=1S/C24H28N4O2/c29-23(12-6-8-19-17-25-22-11-2-1-10-21(19)22)26-16-18-7-5-9-20(15-18)27-24(30)28-13-3-4-14-28/h1-2,5,7,9-11,15,17,25H,3-4,6,8,12-14,16H2,(H,26,29)(H,27,30). The number of urea groups is 1. The first-order valence-corrected chi connectivity index (χ1v) is 10.7. The fourth-order valence-electron chi connectivity index (χ4n) is 3.95. The molecule has 156 valence electrons. The summed E-state index contributed by atoms with van der Waals surface area (Å²) in [6, 6.07) is 15.8. The van der Waals surface area contributed by atoms with Gasteiger partial charge in [0.05, 0.1) is 0 Å². The van der Waals surface area contributed by atoms with Gasteiger partial charge in [-0.3, -0.25) is 4.79 Å². The van der Waals surface area contributed by atoms with E-state index in [-0.39, 0.29) is 11.9 Å². The maximum atomic E-state index is 12.2. The lowest BCUT2D eigenvalue weighted by Gasteiger charge is -2.16. The monoisotopic (exact) mass is 404 g/mol. The Hall–Kier alpha value is -3.28. The van der Waals surface area contributed by atoms with Crippen LogP contribution in [0.3, 0.4) is 0 Å². The number of fused-ring (bicyclic) bond motifs is 1. The van der Waals surface area contributed by atoms with E-state index >= 15 is 0 Å². The minimum absolute atomic E-state index is 0.0429. The Bertz CT molecular complexity index is 1020. The van der Waals surface area contributed by atoms with E-state index in [1.165, 1.54) is 10.9 Å². The Balaban J connectivity index is 1.22. The summed E-state index contributed by atoms with van der Waals surface area (Å²) in [5, 5.41) is 7.16. The third kappa shape index (κ3) is 5.00. The molecule has 3 N–H and O–H groups in total. The van der Waals surface area contributed by atoms with Gasteiger partial charge in [-0.2, -0.15) is 0 Å². The number of para-hydroxylation sites is 1. The molecule has 1 fully saturated rings. The van der Waals surface area contributed by atoms with Crippen LogP contribution in [0, 0.1) is 0 Å². The average molecular weight is 405 g/mol. The van der Waals surface area contributed by atoms with E-state index in [2.05, 4.69) is 27.8 Å². The van der Waals surface area contributed by atoms with Crippen LogP contribution < -0.4 is 10.6 Å². The third-order valence-corrected chi connectivity index (χ3v) is 5.59. The van der Waals surface area contributed by atoms with Gasteiger partial charge < -0.3 is 20.5 Å². The number of aromatic nitrogens is 1. The molecule has 0 aliphatic carbocycles. The van der Waals surface area contributed by atoms with Crippen molar-refractivity contribution in [2.75, 3.05) is 18.4 Å². The van der Waals surface area contributed by atoms with E-state index in [0.717, 1.165) is 55.5 Å². The van der Waals surface area contributed by atoms with E-state index in [0.29, 0.717) is 13.0 Å². The summed E-state index contributed by atoms with van der Waals surface area (Å²) in [5.41, 5.74) is 4.12. The van der Waals surface area contributed by atoms with E-state index in [4.69, 9.17) is 0 Å². The molecule has 1 aliphatic heterocycles. The third-order valence-electron chi connectivity index (χ3n) is 5.59. The van der Waals surface area contributed by atoms with Crippen molar-refractivity contribution in [3.05, 3.63) is 65.9 Å². The average Bonchev–Trinajstić information content (AvgIpc) is 3.43. The number of aromatic amines is 1. The van der Waals surface area contributed by atoms with Crippen molar-refractivity contribution in [3.8, 4) is 0 Å². The topological polar surface area (TPSA) is 77.2 Å². The van der Waals surface area contributed by atoms with Gasteiger partial charge in [0, 0.05) is 48.8 Å². The molecule has 3 aromatic rings. The van der Waals surface area contributed by atoms with Crippen molar-refractivity contribution in [3.63, 3.8) is 0 Å². The SMILES string of the molecule is O=C(CCCc1c[nH]c2ccccc12)NCc1cccc(NC(=O)N2CCCC2)c1. The van der Waals surface area contributed by atoms with E-state index in [1.54, 1.807) is 0 Å². The van der Waals surface area contributed by atoms with Crippen LogP contribution in [0.2, 0.25) is 0 Å². The molecule has 2 heterocycles. The van der Waals surface area contributed by atoms with Gasteiger partial charge in [-0.25, -0.2) is 4.79 Å². The predicted octanol–water partition coefficient (Wildman–Crippen LogP) is 4.43. The highest BCUT2D eigenvalue weighted by Crippen LogP contribution is 2.19. The number of hydrogen-bond donors (Lipinski definition) is 3.